The largest absolute Gasteiger partial charge is 1.00 e. The molecule has 0 saturated heterocycles. The van der Waals surface area contributed by atoms with E-state index in [0.29, 0.717) is 15.8 Å². The average molecular weight is 294 g/mol. The number of hydrogen-bond acceptors (Lipinski definition) is 3. The minimum absolute atomic E-state index is 0. The fourth-order valence-electron chi connectivity index (χ4n) is 1.10. The molecule has 1 heterocycles. The van der Waals surface area contributed by atoms with Gasteiger partial charge in [0, 0.05) is 6.20 Å². The van der Waals surface area contributed by atoms with Crippen molar-refractivity contribution >= 4 is 23.2 Å². The Labute approximate surface area is 151 Å². The standard InChI is InChI=1S/C11H7Cl2NO2.K/c12-7-5-10(13)11(14-6-7)16-9-3-1-8(15)2-4-9;/h1-6,15H;/q;+1/p-1. The quantitative estimate of drug-likeness (QED) is 0.746. The molecular weight excluding hydrogens is 288 g/mol. The van der Waals surface area contributed by atoms with Gasteiger partial charge in [0.05, 0.1) is 5.02 Å². The Kier molecular flexibility index (Phi) is 6.23. The molecule has 6 heteroatoms. The molecule has 0 spiro atoms. The maximum Gasteiger partial charge on any atom is 1.00 e. The summed E-state index contributed by atoms with van der Waals surface area (Å²) < 4.78 is 5.38. The zero-order valence-corrected chi connectivity index (χ0v) is 13.6. The summed E-state index contributed by atoms with van der Waals surface area (Å²) in [4.78, 5) is 3.93. The number of rotatable bonds is 2. The molecule has 0 atom stereocenters. The third-order valence-corrected chi connectivity index (χ3v) is 2.29. The van der Waals surface area contributed by atoms with E-state index in [4.69, 9.17) is 27.9 Å². The summed E-state index contributed by atoms with van der Waals surface area (Å²) >= 11 is 11.6. The maximum atomic E-state index is 10.9. The van der Waals surface area contributed by atoms with E-state index in [1.165, 1.54) is 24.4 Å². The number of ether oxygens (including phenoxy) is 1. The molecule has 2 rings (SSSR count). The molecule has 0 saturated carbocycles. The van der Waals surface area contributed by atoms with E-state index in [0.717, 1.165) is 0 Å². The minimum atomic E-state index is -0.0810. The van der Waals surface area contributed by atoms with Gasteiger partial charge in [-0.3, -0.25) is 0 Å². The van der Waals surface area contributed by atoms with Gasteiger partial charge < -0.3 is 9.84 Å². The van der Waals surface area contributed by atoms with E-state index in [1.807, 2.05) is 0 Å². The summed E-state index contributed by atoms with van der Waals surface area (Å²) in [7, 11) is 0. The topological polar surface area (TPSA) is 45.2 Å². The molecule has 17 heavy (non-hydrogen) atoms. The summed E-state index contributed by atoms with van der Waals surface area (Å²) in [6.45, 7) is 0. The van der Waals surface area contributed by atoms with Crippen molar-refractivity contribution in [2.45, 2.75) is 0 Å². The third-order valence-electron chi connectivity index (χ3n) is 1.81. The molecule has 0 unspecified atom stereocenters. The Bertz CT molecular complexity index is 505. The first-order chi connectivity index (χ1) is 7.65. The average Bonchev–Trinajstić information content (AvgIpc) is 2.25. The van der Waals surface area contributed by atoms with E-state index >= 15 is 0 Å². The fourth-order valence-corrected chi connectivity index (χ4v) is 1.52. The van der Waals surface area contributed by atoms with Crippen molar-refractivity contribution in [1.29, 1.82) is 0 Å². The monoisotopic (exact) mass is 293 g/mol. The minimum Gasteiger partial charge on any atom is -0.872 e. The van der Waals surface area contributed by atoms with Gasteiger partial charge in [-0.1, -0.05) is 35.3 Å². The molecule has 3 nitrogen and oxygen atoms in total. The Hall–Kier alpha value is 0.186. The van der Waals surface area contributed by atoms with Crippen molar-refractivity contribution in [2.75, 3.05) is 0 Å². The van der Waals surface area contributed by atoms with Gasteiger partial charge in [-0.15, -0.1) is 5.75 Å². The van der Waals surface area contributed by atoms with E-state index in [9.17, 15) is 5.11 Å². The predicted molar refractivity (Wildman–Crippen MR) is 60.2 cm³/mol. The summed E-state index contributed by atoms with van der Waals surface area (Å²) in [6, 6.07) is 7.44. The second-order valence-electron chi connectivity index (χ2n) is 3.01. The molecule has 0 fully saturated rings. The first-order valence-electron chi connectivity index (χ1n) is 4.41. The van der Waals surface area contributed by atoms with Crippen LogP contribution in [0.15, 0.2) is 36.5 Å². The van der Waals surface area contributed by atoms with Crippen LogP contribution in [0.2, 0.25) is 10.0 Å². The SMILES string of the molecule is [K+].[O-]c1ccc(Oc2ncc(Cl)cc2Cl)cc1. The third kappa shape index (κ3) is 4.41. The van der Waals surface area contributed by atoms with Crippen LogP contribution in [0.3, 0.4) is 0 Å². The summed E-state index contributed by atoms with van der Waals surface area (Å²) in [5, 5.41) is 11.6. The van der Waals surface area contributed by atoms with Gasteiger partial charge in [0.25, 0.3) is 0 Å². The fraction of sp³-hybridized carbons (Fsp3) is 0. The zero-order valence-electron chi connectivity index (χ0n) is 8.98. The van der Waals surface area contributed by atoms with Crippen LogP contribution in [0, 0.1) is 0 Å². The van der Waals surface area contributed by atoms with Crippen LogP contribution in [0.5, 0.6) is 17.4 Å². The van der Waals surface area contributed by atoms with E-state index in [2.05, 4.69) is 4.98 Å². The van der Waals surface area contributed by atoms with E-state index in [-0.39, 0.29) is 63.0 Å². The molecule has 0 N–H and O–H groups in total. The zero-order chi connectivity index (χ0) is 11.5. The molecular formula is C11H6Cl2KNO2. The molecule has 0 aliphatic rings. The van der Waals surface area contributed by atoms with E-state index in [1.54, 1.807) is 12.1 Å². The number of hydrogen-bond donors (Lipinski definition) is 0. The van der Waals surface area contributed by atoms with Crippen molar-refractivity contribution in [3.05, 3.63) is 46.6 Å². The summed E-state index contributed by atoms with van der Waals surface area (Å²) in [6.07, 6.45) is 1.44. The van der Waals surface area contributed by atoms with Crippen LogP contribution in [0.4, 0.5) is 0 Å². The van der Waals surface area contributed by atoms with Crippen LogP contribution in [0.1, 0.15) is 0 Å². The van der Waals surface area contributed by atoms with Gasteiger partial charge in [-0.2, -0.15) is 0 Å². The van der Waals surface area contributed by atoms with E-state index < -0.39 is 0 Å². The first kappa shape index (κ1) is 15.2. The number of benzene rings is 1. The Morgan fingerprint density at radius 3 is 2.35 bits per heavy atom. The second kappa shape index (κ2) is 6.94. The smallest absolute Gasteiger partial charge is 0.872 e. The van der Waals surface area contributed by atoms with Gasteiger partial charge >= 0.3 is 51.4 Å². The maximum absolute atomic E-state index is 10.9. The number of halogens is 2. The molecule has 0 aliphatic heterocycles. The van der Waals surface area contributed by atoms with Gasteiger partial charge in [0.1, 0.15) is 10.8 Å². The Morgan fingerprint density at radius 2 is 1.76 bits per heavy atom. The van der Waals surface area contributed by atoms with Crippen LogP contribution in [-0.4, -0.2) is 4.98 Å². The predicted octanol–water partition coefficient (Wildman–Crippen LogP) is 0.258. The van der Waals surface area contributed by atoms with Crippen molar-refractivity contribution < 1.29 is 61.2 Å². The number of pyridine rings is 1. The molecule has 82 valence electrons. The van der Waals surface area contributed by atoms with Gasteiger partial charge in [-0.25, -0.2) is 4.98 Å². The number of nitrogens with zero attached hydrogens (tertiary/aromatic N) is 1. The van der Waals surface area contributed by atoms with Gasteiger partial charge in [0.2, 0.25) is 5.88 Å². The summed E-state index contributed by atoms with van der Waals surface area (Å²) in [5.41, 5.74) is 0. The molecule has 0 amide bonds. The molecule has 2 aromatic rings. The van der Waals surface area contributed by atoms with Crippen LogP contribution >= 0.6 is 23.2 Å². The van der Waals surface area contributed by atoms with Crippen molar-refractivity contribution in [2.24, 2.45) is 0 Å². The van der Waals surface area contributed by atoms with Crippen molar-refractivity contribution in [1.82, 2.24) is 4.98 Å². The van der Waals surface area contributed by atoms with Crippen molar-refractivity contribution in [3.63, 3.8) is 0 Å². The molecule has 0 bridgehead atoms. The van der Waals surface area contributed by atoms with Gasteiger partial charge in [-0.05, 0) is 18.2 Å². The van der Waals surface area contributed by atoms with Crippen LogP contribution < -0.4 is 61.2 Å². The Balaban J connectivity index is 0.00000144. The molecule has 0 aliphatic carbocycles. The Morgan fingerprint density at radius 1 is 1.12 bits per heavy atom. The molecule has 1 aromatic heterocycles. The summed E-state index contributed by atoms with van der Waals surface area (Å²) in [5.74, 6) is 0.670. The van der Waals surface area contributed by atoms with Crippen LogP contribution in [0.25, 0.3) is 0 Å². The van der Waals surface area contributed by atoms with Gasteiger partial charge in [0.15, 0.2) is 0 Å². The second-order valence-corrected chi connectivity index (χ2v) is 3.86. The van der Waals surface area contributed by atoms with Crippen molar-refractivity contribution in [3.8, 4) is 17.4 Å². The first-order valence-corrected chi connectivity index (χ1v) is 5.17. The van der Waals surface area contributed by atoms with Crippen LogP contribution in [-0.2, 0) is 0 Å². The number of aromatic nitrogens is 1. The molecule has 1 aromatic carbocycles. The normalized spacial score (nSPS) is 9.53. The molecule has 0 radical (unpaired) electrons.